The lowest BCUT2D eigenvalue weighted by atomic mass is 10.2. The Kier molecular flexibility index (Phi) is 6.76. The number of aliphatic imine (C=N–C) groups is 1. The third-order valence-corrected chi connectivity index (χ3v) is 4.29. The van der Waals surface area contributed by atoms with Gasteiger partial charge in [0.1, 0.15) is 0 Å². The fourth-order valence-electron chi connectivity index (χ4n) is 3.04. The Labute approximate surface area is 154 Å². The van der Waals surface area contributed by atoms with Crippen molar-refractivity contribution < 1.29 is 9.47 Å². The maximum atomic E-state index is 5.96. The van der Waals surface area contributed by atoms with Crippen molar-refractivity contribution >= 4 is 29.9 Å². The van der Waals surface area contributed by atoms with Crippen LogP contribution in [0.5, 0.6) is 11.5 Å². The Hall–Kier alpha value is -1.22. The summed E-state index contributed by atoms with van der Waals surface area (Å²) in [6.07, 6.45) is 2.50. The molecule has 1 atom stereocenters. The minimum absolute atomic E-state index is 0. The molecule has 0 amide bonds. The van der Waals surface area contributed by atoms with Crippen molar-refractivity contribution in [3.05, 3.63) is 23.8 Å². The first kappa shape index (κ1) is 18.1. The van der Waals surface area contributed by atoms with Gasteiger partial charge in [-0.25, -0.2) is 4.99 Å². The Morgan fingerprint density at radius 2 is 2.22 bits per heavy atom. The van der Waals surface area contributed by atoms with Gasteiger partial charge in [-0.1, -0.05) is 13.0 Å². The average molecular weight is 432 g/mol. The minimum atomic E-state index is 0. The predicted octanol–water partition coefficient (Wildman–Crippen LogP) is 1.92. The molecule has 7 heteroatoms. The van der Waals surface area contributed by atoms with Crippen LogP contribution < -0.4 is 20.5 Å². The number of nitrogens with two attached hydrogens (primary N) is 1. The highest BCUT2D eigenvalue weighted by molar-refractivity contribution is 14.0. The summed E-state index contributed by atoms with van der Waals surface area (Å²) >= 11 is 0. The maximum absolute atomic E-state index is 5.96. The van der Waals surface area contributed by atoms with Gasteiger partial charge in [0.25, 0.3) is 0 Å². The van der Waals surface area contributed by atoms with Crippen molar-refractivity contribution in [2.24, 2.45) is 10.7 Å². The molecule has 2 aliphatic rings. The van der Waals surface area contributed by atoms with Crippen molar-refractivity contribution in [2.75, 3.05) is 26.4 Å². The van der Waals surface area contributed by atoms with Crippen LogP contribution in [-0.2, 0) is 6.54 Å². The van der Waals surface area contributed by atoms with E-state index in [1.165, 1.54) is 19.4 Å². The van der Waals surface area contributed by atoms with Gasteiger partial charge in [-0.2, -0.15) is 0 Å². The standard InChI is InChI=1S/C16H24N4O2.HI/c1-2-20-7-3-4-13(20)10-19-16(17)18-9-12-5-6-14-15(8-12)22-11-21-14;/h5-6,8,13H,2-4,7,9-11H2,1H3,(H3,17,18,19);1H. The first-order chi connectivity index (χ1) is 10.8. The van der Waals surface area contributed by atoms with Crippen LogP contribution in [0.15, 0.2) is 23.2 Å². The van der Waals surface area contributed by atoms with E-state index in [1.54, 1.807) is 0 Å². The van der Waals surface area contributed by atoms with Gasteiger partial charge in [0, 0.05) is 12.6 Å². The quantitative estimate of drug-likeness (QED) is 0.423. The molecule has 0 bridgehead atoms. The number of halogens is 1. The molecule has 2 heterocycles. The Balaban J connectivity index is 0.00000192. The van der Waals surface area contributed by atoms with Crippen LogP contribution in [-0.4, -0.2) is 43.3 Å². The Bertz CT molecular complexity index is 553. The van der Waals surface area contributed by atoms with Crippen LogP contribution in [0, 0.1) is 0 Å². The highest BCUT2D eigenvalue weighted by Crippen LogP contribution is 2.32. The molecule has 3 rings (SSSR count). The van der Waals surface area contributed by atoms with Crippen LogP contribution in [0.2, 0.25) is 0 Å². The van der Waals surface area contributed by atoms with E-state index >= 15 is 0 Å². The number of likely N-dealkylation sites (tertiary alicyclic amines) is 1. The van der Waals surface area contributed by atoms with E-state index in [0.29, 0.717) is 25.3 Å². The number of nitrogens with zero attached hydrogens (tertiary/aromatic N) is 2. The number of fused-ring (bicyclic) bond motifs is 1. The van der Waals surface area contributed by atoms with Crippen LogP contribution in [0.3, 0.4) is 0 Å². The van der Waals surface area contributed by atoms with Crippen molar-refractivity contribution in [2.45, 2.75) is 32.4 Å². The monoisotopic (exact) mass is 432 g/mol. The smallest absolute Gasteiger partial charge is 0.231 e. The van der Waals surface area contributed by atoms with E-state index in [1.807, 2.05) is 18.2 Å². The molecular formula is C16H25IN4O2. The zero-order valence-corrected chi connectivity index (χ0v) is 15.8. The Morgan fingerprint density at radius 1 is 1.39 bits per heavy atom. The molecule has 1 aromatic carbocycles. The van der Waals surface area contributed by atoms with Gasteiger partial charge in [0.15, 0.2) is 17.5 Å². The van der Waals surface area contributed by atoms with Crippen molar-refractivity contribution in [3.8, 4) is 11.5 Å². The number of hydrogen-bond acceptors (Lipinski definition) is 4. The normalized spacial score (nSPS) is 20.4. The summed E-state index contributed by atoms with van der Waals surface area (Å²) in [5.74, 6) is 2.07. The van der Waals surface area contributed by atoms with E-state index in [0.717, 1.165) is 30.2 Å². The summed E-state index contributed by atoms with van der Waals surface area (Å²) < 4.78 is 10.7. The number of likely N-dealkylation sites (N-methyl/N-ethyl adjacent to an activating group) is 1. The number of guanidine groups is 1. The van der Waals surface area contributed by atoms with E-state index < -0.39 is 0 Å². The SMILES string of the molecule is CCN1CCCC1CNC(N)=NCc1ccc2c(c1)OCO2.I. The van der Waals surface area contributed by atoms with Crippen LogP contribution in [0.25, 0.3) is 0 Å². The molecule has 23 heavy (non-hydrogen) atoms. The van der Waals surface area contributed by atoms with Crippen LogP contribution in [0.1, 0.15) is 25.3 Å². The first-order valence-electron chi connectivity index (χ1n) is 7.92. The molecule has 0 radical (unpaired) electrons. The second-order valence-electron chi connectivity index (χ2n) is 5.69. The zero-order valence-electron chi connectivity index (χ0n) is 13.5. The highest BCUT2D eigenvalue weighted by atomic mass is 127. The maximum Gasteiger partial charge on any atom is 0.231 e. The molecule has 1 saturated heterocycles. The van der Waals surface area contributed by atoms with E-state index in [4.69, 9.17) is 15.2 Å². The van der Waals surface area contributed by atoms with Crippen molar-refractivity contribution in [1.82, 2.24) is 10.2 Å². The molecule has 0 aliphatic carbocycles. The van der Waals surface area contributed by atoms with Crippen molar-refractivity contribution in [1.29, 1.82) is 0 Å². The number of hydrogen-bond donors (Lipinski definition) is 2. The molecule has 6 nitrogen and oxygen atoms in total. The van der Waals surface area contributed by atoms with Crippen LogP contribution in [0.4, 0.5) is 0 Å². The van der Waals surface area contributed by atoms with E-state index in [-0.39, 0.29) is 24.0 Å². The zero-order chi connectivity index (χ0) is 15.4. The van der Waals surface area contributed by atoms with Gasteiger partial charge in [0.05, 0.1) is 6.54 Å². The average Bonchev–Trinajstić information content (AvgIpc) is 3.18. The van der Waals surface area contributed by atoms with Gasteiger partial charge in [-0.3, -0.25) is 4.90 Å². The predicted molar refractivity (Wildman–Crippen MR) is 102 cm³/mol. The molecule has 2 aliphatic heterocycles. The van der Waals surface area contributed by atoms with Gasteiger partial charge < -0.3 is 20.5 Å². The third kappa shape index (κ3) is 4.63. The van der Waals surface area contributed by atoms with Gasteiger partial charge in [0.2, 0.25) is 6.79 Å². The fraction of sp³-hybridized carbons (Fsp3) is 0.562. The Morgan fingerprint density at radius 3 is 3.04 bits per heavy atom. The molecule has 1 fully saturated rings. The summed E-state index contributed by atoms with van der Waals surface area (Å²) in [6, 6.07) is 6.42. The topological polar surface area (TPSA) is 72.1 Å². The molecule has 128 valence electrons. The molecular weight excluding hydrogens is 407 g/mol. The lowest BCUT2D eigenvalue weighted by Gasteiger charge is -2.23. The summed E-state index contributed by atoms with van der Waals surface area (Å²) in [7, 11) is 0. The van der Waals surface area contributed by atoms with Crippen LogP contribution >= 0.6 is 24.0 Å². The lowest BCUT2D eigenvalue weighted by molar-refractivity contribution is 0.174. The van der Waals surface area contributed by atoms with Crippen molar-refractivity contribution in [3.63, 3.8) is 0 Å². The first-order valence-corrected chi connectivity index (χ1v) is 7.92. The summed E-state index contributed by atoms with van der Waals surface area (Å²) in [6.45, 7) is 6.19. The summed E-state index contributed by atoms with van der Waals surface area (Å²) in [5, 5.41) is 3.24. The number of rotatable bonds is 5. The number of ether oxygens (including phenoxy) is 2. The number of nitrogens with one attached hydrogen (secondary N) is 1. The van der Waals surface area contributed by atoms with E-state index in [9.17, 15) is 0 Å². The summed E-state index contributed by atoms with van der Waals surface area (Å²) in [5.41, 5.74) is 7.02. The fourth-order valence-corrected chi connectivity index (χ4v) is 3.04. The second-order valence-corrected chi connectivity index (χ2v) is 5.69. The van der Waals surface area contributed by atoms with E-state index in [2.05, 4.69) is 22.1 Å². The number of benzene rings is 1. The molecule has 0 spiro atoms. The molecule has 0 aromatic heterocycles. The molecule has 1 aromatic rings. The highest BCUT2D eigenvalue weighted by Gasteiger charge is 2.22. The van der Waals surface area contributed by atoms with Gasteiger partial charge >= 0.3 is 0 Å². The molecule has 3 N–H and O–H groups in total. The largest absolute Gasteiger partial charge is 0.454 e. The molecule has 0 saturated carbocycles. The van der Waals surface area contributed by atoms with Gasteiger partial charge in [-0.15, -0.1) is 24.0 Å². The minimum Gasteiger partial charge on any atom is -0.454 e. The third-order valence-electron chi connectivity index (χ3n) is 4.29. The summed E-state index contributed by atoms with van der Waals surface area (Å²) in [4.78, 5) is 6.88. The van der Waals surface area contributed by atoms with Gasteiger partial charge in [-0.05, 0) is 43.6 Å². The lowest BCUT2D eigenvalue weighted by Crippen LogP contribution is -2.42. The second kappa shape index (κ2) is 8.58. The molecule has 1 unspecified atom stereocenters.